The van der Waals surface area contributed by atoms with Gasteiger partial charge in [-0.25, -0.2) is 0 Å². The molecule has 3 heteroatoms. The summed E-state index contributed by atoms with van der Waals surface area (Å²) in [5.74, 6) is 0.729. The molecule has 0 radical (unpaired) electrons. The summed E-state index contributed by atoms with van der Waals surface area (Å²) in [7, 11) is 0. The SMILES string of the molecule is CCn1c(-c2ccccc2)nc(=O)c2ccccc21. The molecule has 0 spiro atoms. The highest BCUT2D eigenvalue weighted by Gasteiger charge is 2.10. The van der Waals surface area contributed by atoms with E-state index in [9.17, 15) is 4.79 Å². The number of rotatable bonds is 2. The van der Waals surface area contributed by atoms with E-state index >= 15 is 0 Å². The van der Waals surface area contributed by atoms with Gasteiger partial charge in [-0.2, -0.15) is 4.98 Å². The Morgan fingerprint density at radius 3 is 2.42 bits per heavy atom. The van der Waals surface area contributed by atoms with Gasteiger partial charge in [-0.1, -0.05) is 42.5 Å². The Bertz CT molecular complexity index is 776. The minimum Gasteiger partial charge on any atom is -0.325 e. The molecule has 3 nitrogen and oxygen atoms in total. The second-order valence-corrected chi connectivity index (χ2v) is 4.37. The van der Waals surface area contributed by atoms with Crippen molar-refractivity contribution in [1.82, 2.24) is 9.55 Å². The Kier molecular flexibility index (Phi) is 2.88. The van der Waals surface area contributed by atoms with Crippen LogP contribution < -0.4 is 5.56 Å². The molecule has 0 saturated heterocycles. The van der Waals surface area contributed by atoms with Crippen molar-refractivity contribution < 1.29 is 0 Å². The van der Waals surface area contributed by atoms with Gasteiger partial charge in [0.15, 0.2) is 0 Å². The lowest BCUT2D eigenvalue weighted by atomic mass is 10.1. The highest BCUT2D eigenvalue weighted by Crippen LogP contribution is 2.20. The van der Waals surface area contributed by atoms with Crippen molar-refractivity contribution in [3.8, 4) is 11.4 Å². The van der Waals surface area contributed by atoms with E-state index in [1.54, 1.807) is 0 Å². The van der Waals surface area contributed by atoms with Gasteiger partial charge in [0.25, 0.3) is 5.56 Å². The first-order valence-corrected chi connectivity index (χ1v) is 6.36. The van der Waals surface area contributed by atoms with Crippen LogP contribution in [-0.4, -0.2) is 9.55 Å². The van der Waals surface area contributed by atoms with Crippen LogP contribution in [0.4, 0.5) is 0 Å². The second kappa shape index (κ2) is 4.69. The normalized spacial score (nSPS) is 10.8. The van der Waals surface area contributed by atoms with E-state index in [1.165, 1.54) is 0 Å². The number of nitrogens with zero attached hydrogens (tertiary/aromatic N) is 2. The summed E-state index contributed by atoms with van der Waals surface area (Å²) in [6.07, 6.45) is 0. The van der Waals surface area contributed by atoms with Crippen molar-refractivity contribution in [3.63, 3.8) is 0 Å². The minimum absolute atomic E-state index is 0.167. The standard InChI is InChI=1S/C16H14N2O/c1-2-18-14-11-7-6-10-13(14)16(19)17-15(18)12-8-4-3-5-9-12/h3-11H,2H2,1H3. The van der Waals surface area contributed by atoms with E-state index in [0.717, 1.165) is 23.4 Å². The van der Waals surface area contributed by atoms with Crippen molar-refractivity contribution in [1.29, 1.82) is 0 Å². The smallest absolute Gasteiger partial charge is 0.281 e. The lowest BCUT2D eigenvalue weighted by Gasteiger charge is -2.13. The van der Waals surface area contributed by atoms with Gasteiger partial charge >= 0.3 is 0 Å². The predicted molar refractivity (Wildman–Crippen MR) is 77.1 cm³/mol. The average Bonchev–Trinajstić information content (AvgIpc) is 2.48. The van der Waals surface area contributed by atoms with Crippen LogP contribution >= 0.6 is 0 Å². The molecule has 0 bridgehead atoms. The number of hydrogen-bond acceptors (Lipinski definition) is 2. The van der Waals surface area contributed by atoms with Crippen molar-refractivity contribution in [2.45, 2.75) is 13.5 Å². The molecule has 1 heterocycles. The van der Waals surface area contributed by atoms with Gasteiger partial charge in [0.05, 0.1) is 10.9 Å². The maximum absolute atomic E-state index is 12.1. The molecule has 0 amide bonds. The quantitative estimate of drug-likeness (QED) is 0.700. The molecule has 0 unspecified atom stereocenters. The van der Waals surface area contributed by atoms with Gasteiger partial charge in [-0.05, 0) is 19.1 Å². The van der Waals surface area contributed by atoms with Crippen LogP contribution in [0.2, 0.25) is 0 Å². The summed E-state index contributed by atoms with van der Waals surface area (Å²) >= 11 is 0. The first-order chi connectivity index (χ1) is 9.31. The molecule has 19 heavy (non-hydrogen) atoms. The lowest BCUT2D eigenvalue weighted by molar-refractivity contribution is 0.775. The third-order valence-corrected chi connectivity index (χ3v) is 3.24. The number of aromatic nitrogens is 2. The van der Waals surface area contributed by atoms with E-state index < -0.39 is 0 Å². The largest absolute Gasteiger partial charge is 0.325 e. The maximum atomic E-state index is 12.1. The van der Waals surface area contributed by atoms with Crippen LogP contribution in [0.5, 0.6) is 0 Å². The van der Waals surface area contributed by atoms with Crippen LogP contribution in [-0.2, 0) is 6.54 Å². The Balaban J connectivity index is 2.41. The summed E-state index contributed by atoms with van der Waals surface area (Å²) in [6.45, 7) is 2.84. The lowest BCUT2D eigenvalue weighted by Crippen LogP contribution is -2.15. The highest BCUT2D eigenvalue weighted by atomic mass is 16.1. The number of para-hydroxylation sites is 1. The summed E-state index contributed by atoms with van der Waals surface area (Å²) < 4.78 is 2.08. The molecular formula is C16H14N2O. The molecule has 0 atom stereocenters. The van der Waals surface area contributed by atoms with Gasteiger partial charge in [-0.3, -0.25) is 4.79 Å². The number of hydrogen-bond donors (Lipinski definition) is 0. The van der Waals surface area contributed by atoms with E-state index in [1.807, 2.05) is 54.6 Å². The maximum Gasteiger partial charge on any atom is 0.281 e. The number of benzene rings is 2. The first-order valence-electron chi connectivity index (χ1n) is 6.36. The molecule has 0 aliphatic heterocycles. The molecule has 0 N–H and O–H groups in total. The van der Waals surface area contributed by atoms with Crippen molar-refractivity contribution in [3.05, 3.63) is 65.0 Å². The number of fused-ring (bicyclic) bond motifs is 1. The Hall–Kier alpha value is -2.42. The molecule has 2 aromatic carbocycles. The molecule has 0 aliphatic rings. The fourth-order valence-corrected chi connectivity index (χ4v) is 2.35. The summed E-state index contributed by atoms with van der Waals surface area (Å²) in [5, 5.41) is 0.670. The Labute approximate surface area is 111 Å². The van der Waals surface area contributed by atoms with Gasteiger partial charge in [0, 0.05) is 12.1 Å². The summed E-state index contributed by atoms with van der Waals surface area (Å²) in [4.78, 5) is 16.4. The van der Waals surface area contributed by atoms with Crippen molar-refractivity contribution in [2.24, 2.45) is 0 Å². The van der Waals surface area contributed by atoms with Crippen LogP contribution in [0.25, 0.3) is 22.3 Å². The van der Waals surface area contributed by atoms with E-state index in [0.29, 0.717) is 5.39 Å². The van der Waals surface area contributed by atoms with Crippen molar-refractivity contribution >= 4 is 10.9 Å². The third kappa shape index (κ3) is 1.93. The zero-order valence-corrected chi connectivity index (χ0v) is 10.7. The van der Waals surface area contributed by atoms with Crippen molar-refractivity contribution in [2.75, 3.05) is 0 Å². The monoisotopic (exact) mass is 250 g/mol. The number of aryl methyl sites for hydroxylation is 1. The molecule has 0 aliphatic carbocycles. The molecule has 3 aromatic rings. The Morgan fingerprint density at radius 1 is 1.00 bits per heavy atom. The average molecular weight is 250 g/mol. The Morgan fingerprint density at radius 2 is 1.68 bits per heavy atom. The zero-order valence-electron chi connectivity index (χ0n) is 10.7. The first kappa shape index (κ1) is 11.7. The molecule has 94 valence electrons. The molecule has 0 fully saturated rings. The van der Waals surface area contributed by atoms with Gasteiger partial charge in [0.1, 0.15) is 5.82 Å². The molecule has 3 rings (SSSR count). The predicted octanol–water partition coefficient (Wildman–Crippen LogP) is 3.08. The topological polar surface area (TPSA) is 34.9 Å². The zero-order chi connectivity index (χ0) is 13.2. The van der Waals surface area contributed by atoms with Gasteiger partial charge in [0.2, 0.25) is 0 Å². The van der Waals surface area contributed by atoms with E-state index in [-0.39, 0.29) is 5.56 Å². The van der Waals surface area contributed by atoms with Gasteiger partial charge in [-0.15, -0.1) is 0 Å². The minimum atomic E-state index is -0.167. The van der Waals surface area contributed by atoms with E-state index in [4.69, 9.17) is 0 Å². The van der Waals surface area contributed by atoms with Crippen LogP contribution in [0.3, 0.4) is 0 Å². The summed E-state index contributed by atoms with van der Waals surface area (Å²) in [6, 6.07) is 17.4. The van der Waals surface area contributed by atoms with E-state index in [2.05, 4.69) is 16.5 Å². The van der Waals surface area contributed by atoms with Crippen LogP contribution in [0, 0.1) is 0 Å². The highest BCUT2D eigenvalue weighted by molar-refractivity contribution is 5.80. The van der Waals surface area contributed by atoms with Crippen LogP contribution in [0.15, 0.2) is 59.4 Å². The summed E-state index contributed by atoms with van der Waals surface area (Å²) in [5.41, 5.74) is 1.73. The molecule has 1 aromatic heterocycles. The fraction of sp³-hybridized carbons (Fsp3) is 0.125. The van der Waals surface area contributed by atoms with Crippen LogP contribution in [0.1, 0.15) is 6.92 Å². The van der Waals surface area contributed by atoms with Gasteiger partial charge < -0.3 is 4.57 Å². The second-order valence-electron chi connectivity index (χ2n) is 4.37. The third-order valence-electron chi connectivity index (χ3n) is 3.24. The molecular weight excluding hydrogens is 236 g/mol. The molecule has 0 saturated carbocycles. The fourth-order valence-electron chi connectivity index (χ4n) is 2.35.